The Morgan fingerprint density at radius 2 is 2.05 bits per heavy atom. The molecule has 2 unspecified atom stereocenters. The van der Waals surface area contributed by atoms with Gasteiger partial charge in [-0.05, 0) is 31.2 Å². The maximum Gasteiger partial charge on any atom is 0.0773 e. The van der Waals surface area contributed by atoms with E-state index in [1.54, 1.807) is 7.11 Å². The van der Waals surface area contributed by atoms with Gasteiger partial charge in [-0.2, -0.15) is 0 Å². The Bertz CT molecular complexity index is 422. The van der Waals surface area contributed by atoms with Crippen molar-refractivity contribution in [3.05, 3.63) is 35.9 Å². The molecule has 0 radical (unpaired) electrons. The third-order valence-corrected chi connectivity index (χ3v) is 4.58. The quantitative estimate of drug-likeness (QED) is 0.725. The van der Waals surface area contributed by atoms with Gasteiger partial charge in [-0.3, -0.25) is 4.90 Å². The van der Waals surface area contributed by atoms with Crippen molar-refractivity contribution in [3.63, 3.8) is 0 Å². The summed E-state index contributed by atoms with van der Waals surface area (Å²) < 4.78 is 5.23. The molecule has 3 N–H and O–H groups in total. The summed E-state index contributed by atoms with van der Waals surface area (Å²) >= 11 is 0. The number of ether oxygens (including phenoxy) is 1. The Balaban J connectivity index is 2.11. The van der Waals surface area contributed by atoms with Gasteiger partial charge >= 0.3 is 0 Å². The number of aliphatic hydroxyl groups is 1. The monoisotopic (exact) mass is 292 g/mol. The first-order valence-electron chi connectivity index (χ1n) is 7.79. The van der Waals surface area contributed by atoms with E-state index in [0.29, 0.717) is 19.2 Å². The summed E-state index contributed by atoms with van der Waals surface area (Å²) in [5.41, 5.74) is 6.78. The topological polar surface area (TPSA) is 58.7 Å². The number of nitrogens with zero attached hydrogens (tertiary/aromatic N) is 1. The highest BCUT2D eigenvalue weighted by Gasteiger charge is 2.36. The van der Waals surface area contributed by atoms with E-state index in [4.69, 9.17) is 10.5 Å². The molecule has 1 fully saturated rings. The molecule has 0 saturated heterocycles. The zero-order valence-electron chi connectivity index (χ0n) is 13.2. The van der Waals surface area contributed by atoms with Crippen LogP contribution in [-0.2, 0) is 10.3 Å². The highest BCUT2D eigenvalue weighted by Crippen LogP contribution is 2.36. The van der Waals surface area contributed by atoms with Crippen LogP contribution in [0, 0.1) is 5.92 Å². The summed E-state index contributed by atoms with van der Waals surface area (Å²) in [7, 11) is 1.72. The van der Waals surface area contributed by atoms with Crippen LogP contribution in [-0.4, -0.2) is 49.5 Å². The lowest BCUT2D eigenvalue weighted by Crippen LogP contribution is -2.53. The molecule has 1 saturated carbocycles. The van der Waals surface area contributed by atoms with Crippen molar-refractivity contribution in [3.8, 4) is 0 Å². The fourth-order valence-electron chi connectivity index (χ4n) is 2.88. The number of methoxy groups -OCH3 is 1. The summed E-state index contributed by atoms with van der Waals surface area (Å²) in [5, 5.41) is 9.87. The predicted molar refractivity (Wildman–Crippen MR) is 85.0 cm³/mol. The van der Waals surface area contributed by atoms with Crippen LogP contribution in [0.1, 0.15) is 25.3 Å². The average Bonchev–Trinajstić information content (AvgIpc) is 3.36. The number of benzene rings is 1. The first-order valence-corrected chi connectivity index (χ1v) is 7.79. The highest BCUT2D eigenvalue weighted by molar-refractivity contribution is 5.24. The van der Waals surface area contributed by atoms with Crippen molar-refractivity contribution in [2.24, 2.45) is 11.7 Å². The number of aliphatic hydroxyl groups excluding tert-OH is 1. The van der Waals surface area contributed by atoms with E-state index in [1.165, 1.54) is 12.8 Å². The Morgan fingerprint density at radius 3 is 2.57 bits per heavy atom. The lowest BCUT2D eigenvalue weighted by Gasteiger charge is -2.38. The van der Waals surface area contributed by atoms with Gasteiger partial charge in [0.05, 0.1) is 18.8 Å². The fraction of sp³-hybridized carbons (Fsp3) is 0.647. The minimum absolute atomic E-state index is 0.0577. The molecule has 2 atom stereocenters. The number of nitrogens with two attached hydrogens (primary N) is 1. The highest BCUT2D eigenvalue weighted by atomic mass is 16.5. The van der Waals surface area contributed by atoms with Crippen molar-refractivity contribution in [1.82, 2.24) is 4.90 Å². The Kier molecular flexibility index (Phi) is 5.76. The van der Waals surface area contributed by atoms with Crippen molar-refractivity contribution in [2.75, 3.05) is 33.4 Å². The molecule has 0 bridgehead atoms. The van der Waals surface area contributed by atoms with Gasteiger partial charge in [0, 0.05) is 26.2 Å². The van der Waals surface area contributed by atoms with Crippen LogP contribution < -0.4 is 5.73 Å². The summed E-state index contributed by atoms with van der Waals surface area (Å²) in [6, 6.07) is 10.4. The largest absolute Gasteiger partial charge is 0.394 e. The molecule has 4 nitrogen and oxygen atoms in total. The predicted octanol–water partition coefficient (Wildman–Crippen LogP) is 1.58. The zero-order chi connectivity index (χ0) is 15.3. The third kappa shape index (κ3) is 4.27. The average molecular weight is 292 g/mol. The Morgan fingerprint density at radius 1 is 1.38 bits per heavy atom. The second-order valence-electron chi connectivity index (χ2n) is 6.22. The maximum absolute atomic E-state index is 9.87. The molecule has 1 aliphatic rings. The van der Waals surface area contributed by atoms with Crippen LogP contribution in [0.5, 0.6) is 0 Å². The van der Waals surface area contributed by atoms with E-state index in [0.717, 1.165) is 18.0 Å². The molecule has 0 aliphatic heterocycles. The van der Waals surface area contributed by atoms with Crippen LogP contribution in [0.3, 0.4) is 0 Å². The smallest absolute Gasteiger partial charge is 0.0773 e. The van der Waals surface area contributed by atoms with Crippen LogP contribution in [0.15, 0.2) is 30.3 Å². The summed E-state index contributed by atoms with van der Waals surface area (Å²) in [6.07, 6.45) is 2.60. The van der Waals surface area contributed by atoms with E-state index in [1.807, 2.05) is 30.3 Å². The summed E-state index contributed by atoms with van der Waals surface area (Å²) in [4.78, 5) is 2.37. The minimum atomic E-state index is -0.724. The molecule has 0 amide bonds. The molecule has 1 aliphatic carbocycles. The fourth-order valence-corrected chi connectivity index (χ4v) is 2.88. The van der Waals surface area contributed by atoms with E-state index < -0.39 is 5.54 Å². The third-order valence-electron chi connectivity index (χ3n) is 4.58. The second-order valence-corrected chi connectivity index (χ2v) is 6.22. The number of hydrogen-bond acceptors (Lipinski definition) is 4. The van der Waals surface area contributed by atoms with Crippen LogP contribution >= 0.6 is 0 Å². The van der Waals surface area contributed by atoms with Gasteiger partial charge < -0.3 is 15.6 Å². The Labute approximate surface area is 127 Å². The van der Waals surface area contributed by atoms with Crippen LogP contribution in [0.4, 0.5) is 0 Å². The second kappa shape index (κ2) is 7.36. The molecule has 0 spiro atoms. The van der Waals surface area contributed by atoms with E-state index >= 15 is 0 Å². The van der Waals surface area contributed by atoms with Gasteiger partial charge in [-0.15, -0.1) is 0 Å². The molecule has 2 rings (SSSR count). The van der Waals surface area contributed by atoms with Gasteiger partial charge in [0.25, 0.3) is 0 Å². The molecule has 0 heterocycles. The van der Waals surface area contributed by atoms with Crippen molar-refractivity contribution in [2.45, 2.75) is 31.3 Å². The van der Waals surface area contributed by atoms with Crippen molar-refractivity contribution < 1.29 is 9.84 Å². The normalized spacial score (nSPS) is 19.5. The minimum Gasteiger partial charge on any atom is -0.394 e. The van der Waals surface area contributed by atoms with Gasteiger partial charge in [0.1, 0.15) is 0 Å². The first-order chi connectivity index (χ1) is 10.1. The maximum atomic E-state index is 9.87. The lowest BCUT2D eigenvalue weighted by atomic mass is 9.90. The molecule has 21 heavy (non-hydrogen) atoms. The summed E-state index contributed by atoms with van der Waals surface area (Å²) in [6.45, 7) is 4.38. The van der Waals surface area contributed by atoms with Gasteiger partial charge in [-0.1, -0.05) is 30.3 Å². The van der Waals surface area contributed by atoms with Gasteiger partial charge in [-0.25, -0.2) is 0 Å². The number of hydrogen-bond donors (Lipinski definition) is 2. The van der Waals surface area contributed by atoms with E-state index in [-0.39, 0.29) is 6.61 Å². The van der Waals surface area contributed by atoms with Crippen molar-refractivity contribution >= 4 is 0 Å². The molecular weight excluding hydrogens is 264 g/mol. The lowest BCUT2D eigenvalue weighted by molar-refractivity contribution is 0.0752. The summed E-state index contributed by atoms with van der Waals surface area (Å²) in [5.74, 6) is 0.764. The van der Waals surface area contributed by atoms with E-state index in [9.17, 15) is 5.11 Å². The van der Waals surface area contributed by atoms with Crippen LogP contribution in [0.25, 0.3) is 0 Å². The van der Waals surface area contributed by atoms with Crippen LogP contribution in [0.2, 0.25) is 0 Å². The standard InChI is InChI=1S/C17H28N2O2/c1-14(15-8-9-15)19(10-11-21-2)12-17(18,13-20)16-6-4-3-5-7-16/h3-7,14-15,20H,8-13,18H2,1-2H3. The van der Waals surface area contributed by atoms with Crippen molar-refractivity contribution in [1.29, 1.82) is 0 Å². The molecular formula is C17H28N2O2. The molecule has 0 aromatic heterocycles. The molecule has 1 aromatic rings. The molecule has 118 valence electrons. The molecule has 1 aromatic carbocycles. The van der Waals surface area contributed by atoms with Gasteiger partial charge in [0.2, 0.25) is 0 Å². The zero-order valence-corrected chi connectivity index (χ0v) is 13.2. The SMILES string of the molecule is COCCN(CC(N)(CO)c1ccccc1)C(C)C1CC1. The first kappa shape index (κ1) is 16.4. The van der Waals surface area contributed by atoms with E-state index in [2.05, 4.69) is 11.8 Å². The number of rotatable bonds is 9. The Hall–Kier alpha value is -0.940. The molecule has 4 heteroatoms. The van der Waals surface area contributed by atoms with Gasteiger partial charge in [0.15, 0.2) is 0 Å².